The lowest BCUT2D eigenvalue weighted by atomic mass is 9.93. The Bertz CT molecular complexity index is 1700. The lowest BCUT2D eigenvalue weighted by molar-refractivity contribution is -0.00847. The fourth-order valence-corrected chi connectivity index (χ4v) is 4.07. The van der Waals surface area contributed by atoms with E-state index >= 15 is 0 Å². The number of rotatable bonds is 8. The van der Waals surface area contributed by atoms with Gasteiger partial charge in [-0.2, -0.15) is 15.5 Å². The summed E-state index contributed by atoms with van der Waals surface area (Å²) in [5.41, 5.74) is 1.01. The maximum atomic E-state index is 14.7. The van der Waals surface area contributed by atoms with Crippen LogP contribution in [0, 0.1) is 34.8 Å². The summed E-state index contributed by atoms with van der Waals surface area (Å²) in [5, 5.41) is 28.7. The first-order valence-corrected chi connectivity index (χ1v) is 12.2. The third-order valence-electron chi connectivity index (χ3n) is 6.07. The summed E-state index contributed by atoms with van der Waals surface area (Å²) in [6, 6.07) is 19.6. The van der Waals surface area contributed by atoms with Gasteiger partial charge in [0.25, 0.3) is 0 Å². The number of ether oxygens (including phenoxy) is 1. The van der Waals surface area contributed by atoms with Gasteiger partial charge in [0.1, 0.15) is 42.2 Å². The van der Waals surface area contributed by atoms with Gasteiger partial charge in [-0.3, -0.25) is 4.68 Å². The van der Waals surface area contributed by atoms with Gasteiger partial charge >= 0.3 is 0 Å². The van der Waals surface area contributed by atoms with Crippen molar-refractivity contribution in [3.63, 3.8) is 0 Å². The molecule has 2 heterocycles. The van der Waals surface area contributed by atoms with Crippen LogP contribution >= 0.6 is 0 Å². The molecule has 0 aliphatic heterocycles. The number of benzene rings is 3. The Hall–Kier alpha value is -5.32. The number of nitriles is 1. The first-order valence-electron chi connectivity index (χ1n) is 12.2. The topological polar surface area (TPSA) is 102 Å². The fraction of sp³-hybridized carbons (Fsp3) is 0.133. The molecule has 0 bridgehead atoms. The molecule has 2 aromatic heterocycles. The molecular formula is C30H22F2N6O2. The predicted octanol–water partition coefficient (Wildman–Crippen LogP) is 4.19. The van der Waals surface area contributed by atoms with E-state index in [1.165, 1.54) is 28.1 Å². The molecule has 1 N–H and O–H groups in total. The van der Waals surface area contributed by atoms with Crippen molar-refractivity contribution in [3.8, 4) is 23.7 Å². The van der Waals surface area contributed by atoms with E-state index in [9.17, 15) is 13.9 Å². The van der Waals surface area contributed by atoms with Crippen LogP contribution in [0.2, 0.25) is 0 Å². The maximum absolute atomic E-state index is 14.7. The predicted molar refractivity (Wildman–Crippen MR) is 140 cm³/mol. The zero-order chi connectivity index (χ0) is 28.0. The van der Waals surface area contributed by atoms with Crippen molar-refractivity contribution >= 4 is 0 Å². The molecule has 198 valence electrons. The van der Waals surface area contributed by atoms with E-state index in [1.807, 2.05) is 36.4 Å². The van der Waals surface area contributed by atoms with Crippen LogP contribution in [0.1, 0.15) is 27.8 Å². The molecule has 5 aromatic rings. The van der Waals surface area contributed by atoms with E-state index in [0.29, 0.717) is 23.5 Å². The zero-order valence-corrected chi connectivity index (χ0v) is 21.1. The fourth-order valence-electron chi connectivity index (χ4n) is 4.07. The van der Waals surface area contributed by atoms with Gasteiger partial charge in [0.2, 0.25) is 0 Å². The van der Waals surface area contributed by atoms with Crippen LogP contribution in [0.25, 0.3) is 0 Å². The summed E-state index contributed by atoms with van der Waals surface area (Å²) in [7, 11) is 0. The van der Waals surface area contributed by atoms with Crippen LogP contribution in [-0.4, -0.2) is 29.7 Å². The highest BCUT2D eigenvalue weighted by molar-refractivity contribution is 5.43. The third kappa shape index (κ3) is 6.38. The van der Waals surface area contributed by atoms with Gasteiger partial charge in [-0.25, -0.2) is 18.4 Å². The highest BCUT2D eigenvalue weighted by Crippen LogP contribution is 2.28. The Morgan fingerprint density at radius 1 is 0.875 bits per heavy atom. The molecule has 0 saturated heterocycles. The molecule has 0 amide bonds. The maximum Gasteiger partial charge on any atom is 0.137 e. The lowest BCUT2D eigenvalue weighted by Gasteiger charge is -2.28. The van der Waals surface area contributed by atoms with Gasteiger partial charge in [-0.05, 0) is 48.0 Å². The van der Waals surface area contributed by atoms with Crippen LogP contribution in [-0.2, 0) is 25.3 Å². The average Bonchev–Trinajstić information content (AvgIpc) is 3.63. The normalized spacial score (nSPS) is 12.2. The number of aromatic nitrogens is 5. The molecule has 5 rings (SSSR count). The van der Waals surface area contributed by atoms with E-state index in [2.05, 4.69) is 33.1 Å². The van der Waals surface area contributed by atoms with Crippen molar-refractivity contribution in [2.75, 3.05) is 0 Å². The molecular weight excluding hydrogens is 514 g/mol. The molecule has 8 nitrogen and oxygen atoms in total. The smallest absolute Gasteiger partial charge is 0.137 e. The molecule has 0 fully saturated rings. The van der Waals surface area contributed by atoms with Crippen LogP contribution in [0.5, 0.6) is 5.75 Å². The summed E-state index contributed by atoms with van der Waals surface area (Å²) >= 11 is 0. The molecule has 3 aromatic carbocycles. The Labute approximate surface area is 228 Å². The van der Waals surface area contributed by atoms with Gasteiger partial charge in [0.15, 0.2) is 0 Å². The van der Waals surface area contributed by atoms with E-state index in [1.54, 1.807) is 24.5 Å². The third-order valence-corrected chi connectivity index (χ3v) is 6.07. The second-order valence-corrected chi connectivity index (χ2v) is 9.05. The van der Waals surface area contributed by atoms with Crippen LogP contribution in [0.15, 0.2) is 91.8 Å². The van der Waals surface area contributed by atoms with Gasteiger partial charge in [-0.15, -0.1) is 0 Å². The summed E-state index contributed by atoms with van der Waals surface area (Å²) < 4.78 is 36.8. The van der Waals surface area contributed by atoms with E-state index in [-0.39, 0.29) is 18.7 Å². The van der Waals surface area contributed by atoms with Crippen LogP contribution < -0.4 is 4.74 Å². The zero-order valence-electron chi connectivity index (χ0n) is 21.1. The molecule has 0 spiro atoms. The van der Waals surface area contributed by atoms with Crippen molar-refractivity contribution in [2.24, 2.45) is 0 Å². The van der Waals surface area contributed by atoms with Crippen molar-refractivity contribution in [1.29, 1.82) is 5.26 Å². The molecule has 0 aliphatic carbocycles. The highest BCUT2D eigenvalue weighted by Gasteiger charge is 2.34. The summed E-state index contributed by atoms with van der Waals surface area (Å²) in [4.78, 5) is 3.86. The molecule has 0 aliphatic rings. The number of halogens is 2. The highest BCUT2D eigenvalue weighted by atomic mass is 19.1. The van der Waals surface area contributed by atoms with Gasteiger partial charge in [0, 0.05) is 23.4 Å². The van der Waals surface area contributed by atoms with Gasteiger partial charge in [-0.1, -0.05) is 30.0 Å². The molecule has 1 atom stereocenters. The van der Waals surface area contributed by atoms with E-state index in [0.717, 1.165) is 23.3 Å². The van der Waals surface area contributed by atoms with Crippen molar-refractivity contribution < 1.29 is 18.6 Å². The summed E-state index contributed by atoms with van der Waals surface area (Å²) in [6.45, 7) is 0.111. The Morgan fingerprint density at radius 3 is 2.30 bits per heavy atom. The molecule has 0 saturated carbocycles. The Morgan fingerprint density at radius 2 is 1.60 bits per heavy atom. The van der Waals surface area contributed by atoms with Gasteiger partial charge < -0.3 is 9.84 Å². The SMILES string of the molecule is N#Cc1ccc(COc2ccc(C#Cc3cnn(CC(O)(Cn4cncn4)c4ccc(F)cc4F)c3)cc2)cc1. The van der Waals surface area contributed by atoms with E-state index in [4.69, 9.17) is 10.00 Å². The van der Waals surface area contributed by atoms with Gasteiger partial charge in [0.05, 0.1) is 36.5 Å². The molecule has 40 heavy (non-hydrogen) atoms. The number of hydrogen-bond acceptors (Lipinski definition) is 6. The van der Waals surface area contributed by atoms with Crippen molar-refractivity contribution in [2.45, 2.75) is 25.3 Å². The Balaban J connectivity index is 1.26. The van der Waals surface area contributed by atoms with Crippen LogP contribution in [0.3, 0.4) is 0 Å². The number of hydrogen-bond donors (Lipinski definition) is 1. The van der Waals surface area contributed by atoms with Crippen molar-refractivity contribution in [1.82, 2.24) is 24.5 Å². The second-order valence-electron chi connectivity index (χ2n) is 9.05. The lowest BCUT2D eigenvalue weighted by Crippen LogP contribution is -2.37. The summed E-state index contributed by atoms with van der Waals surface area (Å²) in [6.07, 6.45) is 5.88. The van der Waals surface area contributed by atoms with E-state index < -0.39 is 17.2 Å². The molecule has 0 radical (unpaired) electrons. The first-order chi connectivity index (χ1) is 19.4. The second kappa shape index (κ2) is 11.6. The molecule has 10 heteroatoms. The standard InChI is InChI=1S/C30H22F2N6O2/c31-26-9-12-28(29(32)13-26)30(39,19-38-21-34-20-36-38)18-37-16-25(15-35-37)6-1-22-7-10-27(11-8-22)40-17-24-4-2-23(14-33)3-5-24/h2-5,7-13,15-16,20-21,39H,17-19H2. The van der Waals surface area contributed by atoms with Crippen molar-refractivity contribution in [3.05, 3.63) is 131 Å². The largest absolute Gasteiger partial charge is 0.489 e. The summed E-state index contributed by atoms with van der Waals surface area (Å²) in [5.74, 6) is 5.15. The minimum atomic E-state index is -1.80. The Kier molecular flexibility index (Phi) is 7.63. The number of nitrogens with zero attached hydrogens (tertiary/aromatic N) is 6. The first kappa shape index (κ1) is 26.3. The quantitative estimate of drug-likeness (QED) is 0.299. The minimum Gasteiger partial charge on any atom is -0.489 e. The molecule has 1 unspecified atom stereocenters. The minimum absolute atomic E-state index is 0.0889. The average molecular weight is 537 g/mol. The van der Waals surface area contributed by atoms with Crippen LogP contribution in [0.4, 0.5) is 8.78 Å². The number of aliphatic hydroxyl groups is 1. The monoisotopic (exact) mass is 536 g/mol.